The molecule has 2 aromatic rings. The topological polar surface area (TPSA) is 46.5 Å². The summed E-state index contributed by atoms with van der Waals surface area (Å²) in [6.07, 6.45) is 0. The standard InChI is InChI=1S/C14H11ClO3S/c1-8-5-11(16)7-12(13(8)18-14(17)19)9-3-2-4-10(15)6-9/h2-7,16H,1H3,(H,17,19). The summed E-state index contributed by atoms with van der Waals surface area (Å²) in [5.74, 6) is 0.450. The van der Waals surface area contributed by atoms with Gasteiger partial charge in [0.25, 0.3) is 0 Å². The molecule has 98 valence electrons. The van der Waals surface area contributed by atoms with Crippen LogP contribution in [0.3, 0.4) is 0 Å². The zero-order valence-electron chi connectivity index (χ0n) is 10.1. The second kappa shape index (κ2) is 5.55. The lowest BCUT2D eigenvalue weighted by molar-refractivity contribution is 0.227. The molecule has 0 unspecified atom stereocenters. The lowest BCUT2D eigenvalue weighted by Crippen LogP contribution is -2.00. The van der Waals surface area contributed by atoms with E-state index >= 15 is 0 Å². The van der Waals surface area contributed by atoms with Crippen molar-refractivity contribution in [1.82, 2.24) is 0 Å². The Labute approximate surface area is 121 Å². The molecule has 0 aliphatic heterocycles. The van der Waals surface area contributed by atoms with Crippen LogP contribution in [-0.2, 0) is 0 Å². The monoisotopic (exact) mass is 294 g/mol. The largest absolute Gasteiger partial charge is 0.508 e. The molecule has 0 atom stereocenters. The van der Waals surface area contributed by atoms with Gasteiger partial charge in [-0.05, 0) is 42.3 Å². The molecule has 0 saturated carbocycles. The summed E-state index contributed by atoms with van der Waals surface area (Å²) in [4.78, 5) is 11.1. The highest BCUT2D eigenvalue weighted by Crippen LogP contribution is 2.37. The van der Waals surface area contributed by atoms with Crippen molar-refractivity contribution < 1.29 is 14.6 Å². The average molecular weight is 295 g/mol. The van der Waals surface area contributed by atoms with Gasteiger partial charge in [-0.25, -0.2) is 4.79 Å². The first-order chi connectivity index (χ1) is 8.97. The number of phenolic OH excluding ortho intramolecular Hbond substituents is 1. The van der Waals surface area contributed by atoms with Crippen LogP contribution in [0.15, 0.2) is 36.4 Å². The number of hydrogen-bond acceptors (Lipinski definition) is 3. The first-order valence-electron chi connectivity index (χ1n) is 5.47. The smallest absolute Gasteiger partial charge is 0.369 e. The van der Waals surface area contributed by atoms with Gasteiger partial charge in [-0.15, -0.1) is 0 Å². The summed E-state index contributed by atoms with van der Waals surface area (Å²) in [7, 11) is 0. The molecule has 0 bridgehead atoms. The van der Waals surface area contributed by atoms with Crippen molar-refractivity contribution in [3.05, 3.63) is 47.0 Å². The number of carbonyl (C=O) groups is 1. The minimum Gasteiger partial charge on any atom is -0.508 e. The van der Waals surface area contributed by atoms with Gasteiger partial charge >= 0.3 is 5.30 Å². The fraction of sp³-hybridized carbons (Fsp3) is 0.0714. The van der Waals surface area contributed by atoms with Crippen molar-refractivity contribution in [2.45, 2.75) is 6.92 Å². The number of aromatic hydroxyl groups is 1. The minimum atomic E-state index is -0.711. The molecule has 0 amide bonds. The van der Waals surface area contributed by atoms with E-state index < -0.39 is 5.30 Å². The third-order valence-electron chi connectivity index (χ3n) is 2.58. The second-order valence-electron chi connectivity index (χ2n) is 4.02. The number of rotatable bonds is 2. The van der Waals surface area contributed by atoms with E-state index in [1.165, 1.54) is 12.1 Å². The van der Waals surface area contributed by atoms with E-state index in [4.69, 9.17) is 16.3 Å². The van der Waals surface area contributed by atoms with E-state index in [0.717, 1.165) is 5.56 Å². The Morgan fingerprint density at radius 3 is 2.68 bits per heavy atom. The third-order valence-corrected chi connectivity index (χ3v) is 2.91. The number of thiol groups is 1. The Morgan fingerprint density at radius 1 is 1.32 bits per heavy atom. The molecule has 3 nitrogen and oxygen atoms in total. The van der Waals surface area contributed by atoms with Crippen LogP contribution < -0.4 is 4.74 Å². The maximum atomic E-state index is 11.1. The van der Waals surface area contributed by atoms with Crippen molar-refractivity contribution >= 4 is 29.5 Å². The molecule has 0 aromatic heterocycles. The first-order valence-corrected chi connectivity index (χ1v) is 6.30. The Kier molecular flexibility index (Phi) is 4.02. The van der Waals surface area contributed by atoms with Gasteiger partial charge in [-0.2, -0.15) is 0 Å². The summed E-state index contributed by atoms with van der Waals surface area (Å²) in [5.41, 5.74) is 1.97. The van der Waals surface area contributed by atoms with Crippen molar-refractivity contribution in [2.24, 2.45) is 0 Å². The molecule has 0 aliphatic rings. The van der Waals surface area contributed by atoms with Crippen LogP contribution in [0.1, 0.15) is 5.56 Å². The van der Waals surface area contributed by atoms with Crippen LogP contribution in [0, 0.1) is 6.92 Å². The number of halogens is 1. The predicted octanol–water partition coefficient (Wildman–Crippen LogP) is 4.45. The fourth-order valence-corrected chi connectivity index (χ4v) is 2.13. The maximum absolute atomic E-state index is 11.1. The van der Waals surface area contributed by atoms with Crippen molar-refractivity contribution in [1.29, 1.82) is 0 Å². The zero-order chi connectivity index (χ0) is 14.0. The van der Waals surface area contributed by atoms with Crippen molar-refractivity contribution in [3.63, 3.8) is 0 Å². The summed E-state index contributed by atoms with van der Waals surface area (Å²) in [6, 6.07) is 10.1. The summed E-state index contributed by atoms with van der Waals surface area (Å²) in [6.45, 7) is 1.74. The van der Waals surface area contributed by atoms with Gasteiger partial charge in [0.2, 0.25) is 0 Å². The average Bonchev–Trinajstić information content (AvgIpc) is 2.32. The summed E-state index contributed by atoms with van der Waals surface area (Å²) < 4.78 is 5.10. The predicted molar refractivity (Wildman–Crippen MR) is 78.3 cm³/mol. The number of carbonyl (C=O) groups excluding carboxylic acids is 1. The SMILES string of the molecule is Cc1cc(O)cc(-c2cccc(Cl)c2)c1OC(=O)S. The molecule has 2 rings (SSSR count). The highest BCUT2D eigenvalue weighted by Gasteiger charge is 2.14. The lowest BCUT2D eigenvalue weighted by Gasteiger charge is -2.12. The van der Waals surface area contributed by atoms with Crippen LogP contribution in [0.25, 0.3) is 11.1 Å². The molecular weight excluding hydrogens is 284 g/mol. The molecule has 19 heavy (non-hydrogen) atoms. The highest BCUT2D eigenvalue weighted by molar-refractivity contribution is 7.96. The number of benzene rings is 2. The normalized spacial score (nSPS) is 10.3. The van der Waals surface area contributed by atoms with Gasteiger partial charge in [0.15, 0.2) is 0 Å². The quantitative estimate of drug-likeness (QED) is 0.635. The molecule has 2 aromatic carbocycles. The Morgan fingerprint density at radius 2 is 2.05 bits per heavy atom. The molecule has 0 fully saturated rings. The number of aryl methyl sites for hydroxylation is 1. The fourth-order valence-electron chi connectivity index (χ4n) is 1.85. The van der Waals surface area contributed by atoms with Gasteiger partial charge in [0.1, 0.15) is 11.5 Å². The molecule has 1 N–H and O–H groups in total. The van der Waals surface area contributed by atoms with Crippen LogP contribution >= 0.6 is 24.2 Å². The Hall–Kier alpha value is -1.65. The zero-order valence-corrected chi connectivity index (χ0v) is 11.7. The molecule has 0 heterocycles. The number of hydrogen-bond donors (Lipinski definition) is 2. The van der Waals surface area contributed by atoms with E-state index in [1.807, 2.05) is 6.07 Å². The van der Waals surface area contributed by atoms with E-state index in [1.54, 1.807) is 25.1 Å². The van der Waals surface area contributed by atoms with Crippen LogP contribution in [0.2, 0.25) is 5.02 Å². The van der Waals surface area contributed by atoms with Gasteiger partial charge in [-0.3, -0.25) is 0 Å². The van der Waals surface area contributed by atoms with E-state index in [0.29, 0.717) is 21.9 Å². The van der Waals surface area contributed by atoms with E-state index in [9.17, 15) is 9.90 Å². The van der Waals surface area contributed by atoms with Crippen LogP contribution in [0.5, 0.6) is 11.5 Å². The highest BCUT2D eigenvalue weighted by atomic mass is 35.5. The molecule has 5 heteroatoms. The number of phenols is 1. The Balaban J connectivity index is 2.63. The molecule has 0 spiro atoms. The molecule has 0 radical (unpaired) electrons. The Bertz CT molecular complexity index is 641. The van der Waals surface area contributed by atoms with Crippen LogP contribution in [-0.4, -0.2) is 10.4 Å². The number of ether oxygens (including phenoxy) is 1. The minimum absolute atomic E-state index is 0.0893. The summed E-state index contributed by atoms with van der Waals surface area (Å²) >= 11 is 9.56. The lowest BCUT2D eigenvalue weighted by atomic mass is 10.0. The van der Waals surface area contributed by atoms with E-state index in [-0.39, 0.29) is 5.75 Å². The maximum Gasteiger partial charge on any atom is 0.369 e. The summed E-state index contributed by atoms with van der Waals surface area (Å²) in [5, 5.41) is 9.54. The molecule has 0 saturated heterocycles. The third kappa shape index (κ3) is 3.22. The molecule has 0 aliphatic carbocycles. The molecular formula is C14H11ClO3S. The van der Waals surface area contributed by atoms with Gasteiger partial charge in [0, 0.05) is 10.6 Å². The van der Waals surface area contributed by atoms with Gasteiger partial charge in [-0.1, -0.05) is 36.4 Å². The van der Waals surface area contributed by atoms with Crippen LogP contribution in [0.4, 0.5) is 4.79 Å². The first kappa shape index (κ1) is 13.8. The van der Waals surface area contributed by atoms with Crippen molar-refractivity contribution in [2.75, 3.05) is 0 Å². The second-order valence-corrected chi connectivity index (χ2v) is 4.82. The van der Waals surface area contributed by atoms with Crippen molar-refractivity contribution in [3.8, 4) is 22.6 Å². The van der Waals surface area contributed by atoms with E-state index in [2.05, 4.69) is 12.6 Å². The van der Waals surface area contributed by atoms with Gasteiger partial charge in [0.05, 0.1) is 0 Å². The van der Waals surface area contributed by atoms with Gasteiger partial charge < -0.3 is 9.84 Å².